The summed E-state index contributed by atoms with van der Waals surface area (Å²) in [6, 6.07) is 6.07. The van der Waals surface area contributed by atoms with Crippen molar-refractivity contribution in [2.24, 2.45) is 0 Å². The van der Waals surface area contributed by atoms with Crippen LogP contribution in [-0.4, -0.2) is 68.4 Å². The fourth-order valence-corrected chi connectivity index (χ4v) is 8.69. The molecule has 4 aliphatic rings. The zero-order chi connectivity index (χ0) is 31.1. The van der Waals surface area contributed by atoms with E-state index in [0.29, 0.717) is 64.6 Å². The number of hydrogen-bond acceptors (Lipinski definition) is 7. The topological polar surface area (TPSA) is 74.6 Å². The van der Waals surface area contributed by atoms with Crippen LogP contribution in [0.5, 0.6) is 11.8 Å². The summed E-state index contributed by atoms with van der Waals surface area (Å²) >= 11 is 0. The van der Waals surface area contributed by atoms with Gasteiger partial charge in [-0.15, -0.1) is 0 Å². The second kappa shape index (κ2) is 10.4. The fraction of sp³-hybridized carbons (Fsp3) is 0.514. The molecule has 1 unspecified atom stereocenters. The average Bonchev–Trinajstić information content (AvgIpc) is 3.51. The number of rotatable bonds is 5. The molecular formula is C35H38F3N5O2. The Kier molecular flexibility index (Phi) is 6.68. The van der Waals surface area contributed by atoms with E-state index in [-0.39, 0.29) is 40.9 Å². The van der Waals surface area contributed by atoms with Crippen molar-refractivity contribution >= 4 is 27.5 Å². The highest BCUT2D eigenvalue weighted by Crippen LogP contribution is 2.46. The minimum absolute atomic E-state index is 0.0240. The van der Waals surface area contributed by atoms with Gasteiger partial charge in [-0.1, -0.05) is 13.0 Å². The number of phenolic OH excluding ortho intramolecular Hbond substituents is 1. The molecule has 0 saturated carbocycles. The number of piperidine rings is 1. The predicted molar refractivity (Wildman–Crippen MR) is 168 cm³/mol. The maximum atomic E-state index is 17.0. The van der Waals surface area contributed by atoms with Crippen molar-refractivity contribution in [3.63, 3.8) is 0 Å². The van der Waals surface area contributed by atoms with Crippen LogP contribution in [0.4, 0.5) is 19.0 Å². The highest BCUT2D eigenvalue weighted by molar-refractivity contribution is 6.02. The third-order valence-corrected chi connectivity index (χ3v) is 11.0. The summed E-state index contributed by atoms with van der Waals surface area (Å²) in [5.41, 5.74) is 0.976. The van der Waals surface area contributed by atoms with E-state index in [2.05, 4.69) is 16.7 Å². The second-order valence-electron chi connectivity index (χ2n) is 13.7. The van der Waals surface area contributed by atoms with Gasteiger partial charge in [-0.25, -0.2) is 18.2 Å². The van der Waals surface area contributed by atoms with Gasteiger partial charge in [0, 0.05) is 30.6 Å². The largest absolute Gasteiger partial charge is 0.508 e. The van der Waals surface area contributed by atoms with Gasteiger partial charge >= 0.3 is 6.01 Å². The number of halogens is 3. The molecule has 8 rings (SSSR count). The fourth-order valence-electron chi connectivity index (χ4n) is 8.69. The normalized spacial score (nSPS) is 26.3. The monoisotopic (exact) mass is 617 g/mol. The number of nitrogens with zero attached hydrogens (tertiary/aromatic N) is 5. The maximum absolute atomic E-state index is 17.0. The predicted octanol–water partition coefficient (Wildman–Crippen LogP) is 7.04. The summed E-state index contributed by atoms with van der Waals surface area (Å²) in [5, 5.41) is 12.4. The number of phenols is 1. The Morgan fingerprint density at radius 2 is 1.89 bits per heavy atom. The Balaban J connectivity index is 1.34. The van der Waals surface area contributed by atoms with Crippen LogP contribution in [-0.2, 0) is 12.8 Å². The van der Waals surface area contributed by atoms with Gasteiger partial charge in [0.05, 0.1) is 16.6 Å². The van der Waals surface area contributed by atoms with Crippen LogP contribution in [0.1, 0.15) is 70.1 Å². The van der Waals surface area contributed by atoms with E-state index in [1.54, 1.807) is 12.1 Å². The van der Waals surface area contributed by atoms with E-state index in [4.69, 9.17) is 19.7 Å². The van der Waals surface area contributed by atoms with Crippen molar-refractivity contribution in [3.8, 4) is 23.0 Å². The Morgan fingerprint density at radius 3 is 2.73 bits per heavy atom. The smallest absolute Gasteiger partial charge is 0.319 e. The summed E-state index contributed by atoms with van der Waals surface area (Å²) < 4.78 is 53.0. The molecule has 0 amide bonds. The van der Waals surface area contributed by atoms with Crippen LogP contribution < -0.4 is 9.64 Å². The first kappa shape index (κ1) is 28.8. The summed E-state index contributed by atoms with van der Waals surface area (Å²) in [6.45, 7) is 6.35. The number of pyridine rings is 1. The molecule has 7 nitrogen and oxygen atoms in total. The summed E-state index contributed by atoms with van der Waals surface area (Å²) in [4.78, 5) is 19.0. The van der Waals surface area contributed by atoms with E-state index in [1.807, 2.05) is 6.92 Å². The van der Waals surface area contributed by atoms with Crippen LogP contribution in [0.3, 0.4) is 0 Å². The Labute approximate surface area is 260 Å². The molecule has 2 aromatic carbocycles. The van der Waals surface area contributed by atoms with Crippen molar-refractivity contribution in [2.75, 3.05) is 31.1 Å². The minimum atomic E-state index is -0.895. The third kappa shape index (κ3) is 4.46. The van der Waals surface area contributed by atoms with Gasteiger partial charge in [-0.2, -0.15) is 9.97 Å². The molecule has 10 heteroatoms. The van der Waals surface area contributed by atoms with Crippen LogP contribution >= 0.6 is 0 Å². The highest BCUT2D eigenvalue weighted by Gasteiger charge is 2.49. The van der Waals surface area contributed by atoms with Crippen molar-refractivity contribution < 1.29 is 23.0 Å². The SMILES string of the molecule is CCc1c(F)ccc2cc(O)cc(-c3nc4c5c(nc(OC[C@@]67CCCN6C[C@H](F)C7)nc5c3F)N3CCCCC3(C)CC4)c12. The number of aromatic nitrogens is 3. The lowest BCUT2D eigenvalue weighted by Gasteiger charge is -2.45. The highest BCUT2D eigenvalue weighted by atomic mass is 19.1. The molecule has 4 aliphatic heterocycles. The Morgan fingerprint density at radius 1 is 1.02 bits per heavy atom. The molecule has 3 saturated heterocycles. The third-order valence-electron chi connectivity index (χ3n) is 11.0. The standard InChI is InChI=1S/C35H38F3N5O2/c1-3-23-25(37)8-7-20-15-22(44)16-24(27(20)23)30-29(38)31-28-26(39-30)9-12-34(2)10-4-5-14-43(34)32(28)41-33(40-31)45-19-35-11-6-13-42(35)18-21(36)17-35/h7-8,15-16,21,44H,3-6,9-14,17-19H2,1-2H3/t21-,34?,35+/m1/s1. The van der Waals surface area contributed by atoms with Crippen molar-refractivity contribution in [2.45, 2.75) is 88.9 Å². The van der Waals surface area contributed by atoms with E-state index in [1.165, 1.54) is 12.1 Å². The van der Waals surface area contributed by atoms with Crippen LogP contribution in [0.2, 0.25) is 0 Å². The number of benzene rings is 2. The first-order valence-electron chi connectivity index (χ1n) is 16.3. The van der Waals surface area contributed by atoms with Crippen LogP contribution in [0.25, 0.3) is 32.9 Å². The lowest BCUT2D eigenvalue weighted by Crippen LogP contribution is -2.50. The lowest BCUT2D eigenvalue weighted by molar-refractivity contribution is 0.107. The van der Waals surface area contributed by atoms with E-state index < -0.39 is 17.5 Å². The molecule has 1 N–H and O–H groups in total. The van der Waals surface area contributed by atoms with Crippen molar-refractivity contribution in [3.05, 3.63) is 47.2 Å². The first-order chi connectivity index (χ1) is 21.7. The number of alkyl halides is 1. The van der Waals surface area contributed by atoms with Gasteiger partial charge in [0.1, 0.15) is 41.4 Å². The summed E-state index contributed by atoms with van der Waals surface area (Å²) in [6.07, 6.45) is 6.19. The molecule has 0 bridgehead atoms. The van der Waals surface area contributed by atoms with Crippen LogP contribution in [0.15, 0.2) is 24.3 Å². The van der Waals surface area contributed by atoms with Crippen molar-refractivity contribution in [1.29, 1.82) is 0 Å². The second-order valence-corrected chi connectivity index (χ2v) is 13.7. The molecule has 3 fully saturated rings. The van der Waals surface area contributed by atoms with E-state index in [0.717, 1.165) is 51.6 Å². The maximum Gasteiger partial charge on any atom is 0.319 e. The molecule has 3 atom stereocenters. The van der Waals surface area contributed by atoms with Gasteiger partial charge in [0.2, 0.25) is 0 Å². The Bertz CT molecular complexity index is 1850. The van der Waals surface area contributed by atoms with Gasteiger partial charge in [-0.05, 0) is 99.4 Å². The minimum Gasteiger partial charge on any atom is -0.508 e. The Hall–Kier alpha value is -3.66. The zero-order valence-corrected chi connectivity index (χ0v) is 25.8. The average molecular weight is 618 g/mol. The molecule has 6 heterocycles. The molecule has 0 spiro atoms. The molecule has 236 valence electrons. The first-order valence-corrected chi connectivity index (χ1v) is 16.3. The number of aromatic hydroxyl groups is 1. The molecular weight excluding hydrogens is 579 g/mol. The molecule has 2 aromatic heterocycles. The summed E-state index contributed by atoms with van der Waals surface area (Å²) in [5.74, 6) is -0.478. The summed E-state index contributed by atoms with van der Waals surface area (Å²) in [7, 11) is 0. The number of fused-ring (bicyclic) bond motifs is 4. The molecule has 0 radical (unpaired) electrons. The quantitative estimate of drug-likeness (QED) is 0.258. The molecule has 0 aliphatic carbocycles. The number of aryl methyl sites for hydroxylation is 2. The van der Waals surface area contributed by atoms with Gasteiger partial charge in [-0.3, -0.25) is 4.90 Å². The molecule has 4 aromatic rings. The lowest BCUT2D eigenvalue weighted by atomic mass is 9.85. The number of ether oxygens (including phenoxy) is 1. The van der Waals surface area contributed by atoms with Gasteiger partial charge in [0.15, 0.2) is 5.82 Å². The number of hydrogen-bond donors (Lipinski definition) is 1. The van der Waals surface area contributed by atoms with Crippen molar-refractivity contribution in [1.82, 2.24) is 19.9 Å². The zero-order valence-electron chi connectivity index (χ0n) is 25.8. The van der Waals surface area contributed by atoms with E-state index in [9.17, 15) is 9.50 Å². The van der Waals surface area contributed by atoms with Gasteiger partial charge < -0.3 is 14.7 Å². The van der Waals surface area contributed by atoms with Crippen LogP contribution in [0, 0.1) is 11.6 Å². The van der Waals surface area contributed by atoms with E-state index >= 15 is 8.78 Å². The van der Waals surface area contributed by atoms with Gasteiger partial charge in [0.25, 0.3) is 0 Å². The number of anilines is 1. The molecule has 45 heavy (non-hydrogen) atoms.